The van der Waals surface area contributed by atoms with Crippen LogP contribution in [0.25, 0.3) is 0 Å². The molecular formula is C12H23ClN2O2S. The van der Waals surface area contributed by atoms with Crippen molar-refractivity contribution in [3.05, 3.63) is 0 Å². The molecule has 0 amide bonds. The van der Waals surface area contributed by atoms with Gasteiger partial charge in [-0.15, -0.1) is 12.4 Å². The molecule has 0 aromatic carbocycles. The van der Waals surface area contributed by atoms with Gasteiger partial charge in [-0.3, -0.25) is 0 Å². The minimum Gasteiger partial charge on any atom is -0.314 e. The Morgan fingerprint density at radius 2 is 1.94 bits per heavy atom. The monoisotopic (exact) mass is 294 g/mol. The average molecular weight is 295 g/mol. The van der Waals surface area contributed by atoms with Gasteiger partial charge in [0.2, 0.25) is 10.0 Å². The number of rotatable bonds is 4. The van der Waals surface area contributed by atoms with E-state index in [4.69, 9.17) is 0 Å². The Kier molecular flexibility index (Phi) is 4.57. The second-order valence-electron chi connectivity index (χ2n) is 5.80. The van der Waals surface area contributed by atoms with Gasteiger partial charge in [-0.2, -0.15) is 0 Å². The van der Waals surface area contributed by atoms with E-state index in [1.165, 1.54) is 12.8 Å². The molecule has 3 fully saturated rings. The van der Waals surface area contributed by atoms with Gasteiger partial charge < -0.3 is 5.32 Å². The number of sulfonamides is 1. The van der Waals surface area contributed by atoms with Gasteiger partial charge in [-0.05, 0) is 37.6 Å². The van der Waals surface area contributed by atoms with E-state index in [9.17, 15) is 8.42 Å². The summed E-state index contributed by atoms with van der Waals surface area (Å²) < 4.78 is 26.2. The van der Waals surface area contributed by atoms with Gasteiger partial charge in [0.1, 0.15) is 0 Å². The lowest BCUT2D eigenvalue weighted by Crippen LogP contribution is -2.47. The van der Waals surface area contributed by atoms with Crippen molar-refractivity contribution >= 4 is 22.4 Å². The van der Waals surface area contributed by atoms with E-state index in [1.54, 1.807) is 4.31 Å². The summed E-state index contributed by atoms with van der Waals surface area (Å²) in [5, 5.41) is 3.47. The number of nitrogens with one attached hydrogen (secondary N) is 1. The molecule has 0 spiro atoms. The summed E-state index contributed by atoms with van der Waals surface area (Å²) in [6.07, 6.45) is 5.49. The molecule has 0 aromatic rings. The molecule has 0 aromatic heterocycles. The molecule has 1 saturated carbocycles. The fourth-order valence-corrected chi connectivity index (χ4v) is 4.81. The zero-order chi connectivity index (χ0) is 11.9. The maximum atomic E-state index is 12.2. The molecule has 2 atom stereocenters. The van der Waals surface area contributed by atoms with E-state index in [1.807, 2.05) is 0 Å². The van der Waals surface area contributed by atoms with Crippen LogP contribution >= 0.6 is 12.4 Å². The minimum absolute atomic E-state index is 0. The fourth-order valence-electron chi connectivity index (χ4n) is 3.12. The summed E-state index contributed by atoms with van der Waals surface area (Å²) >= 11 is 0. The molecule has 4 nitrogen and oxygen atoms in total. The molecule has 2 heterocycles. The van der Waals surface area contributed by atoms with Crippen LogP contribution in [-0.4, -0.2) is 44.2 Å². The smallest absolute Gasteiger partial charge is 0.214 e. The van der Waals surface area contributed by atoms with Gasteiger partial charge in [0.15, 0.2) is 0 Å². The predicted molar refractivity (Wildman–Crippen MR) is 74.5 cm³/mol. The zero-order valence-electron chi connectivity index (χ0n) is 10.7. The summed E-state index contributed by atoms with van der Waals surface area (Å²) in [7, 11) is -2.97. The Hall–Kier alpha value is 0.160. The molecular weight excluding hydrogens is 272 g/mol. The van der Waals surface area contributed by atoms with Crippen LogP contribution in [0.5, 0.6) is 0 Å². The fraction of sp³-hybridized carbons (Fsp3) is 1.00. The highest BCUT2D eigenvalue weighted by atomic mass is 35.5. The molecule has 0 bridgehead atoms. The van der Waals surface area contributed by atoms with Crippen molar-refractivity contribution in [2.75, 3.05) is 25.4 Å². The summed E-state index contributed by atoms with van der Waals surface area (Å²) in [6, 6.07) is 0.574. The van der Waals surface area contributed by atoms with E-state index in [2.05, 4.69) is 5.32 Å². The molecule has 3 aliphatic rings. The molecule has 18 heavy (non-hydrogen) atoms. The second-order valence-corrected chi connectivity index (χ2v) is 7.89. The Balaban J connectivity index is 0.00000120. The SMILES string of the molecule is Cl.O=S(=O)(CCC1CC1)N1CCC2NCCC2C1. The first kappa shape index (κ1) is 14.6. The van der Waals surface area contributed by atoms with Crippen LogP contribution in [0.1, 0.15) is 32.1 Å². The summed E-state index contributed by atoms with van der Waals surface area (Å²) in [5.41, 5.74) is 0. The van der Waals surface area contributed by atoms with Crippen LogP contribution < -0.4 is 5.32 Å². The molecule has 2 saturated heterocycles. The number of fused-ring (bicyclic) bond motifs is 1. The van der Waals surface area contributed by atoms with E-state index in [0.29, 0.717) is 23.6 Å². The van der Waals surface area contributed by atoms with E-state index < -0.39 is 10.0 Å². The third kappa shape index (κ3) is 3.18. The lowest BCUT2D eigenvalue weighted by Gasteiger charge is -2.34. The second kappa shape index (κ2) is 5.65. The van der Waals surface area contributed by atoms with Gasteiger partial charge in [0, 0.05) is 19.1 Å². The Morgan fingerprint density at radius 1 is 1.17 bits per heavy atom. The quantitative estimate of drug-likeness (QED) is 0.848. The van der Waals surface area contributed by atoms with Crippen molar-refractivity contribution in [2.45, 2.75) is 38.1 Å². The third-order valence-electron chi connectivity index (χ3n) is 4.49. The minimum atomic E-state index is -2.97. The van der Waals surface area contributed by atoms with Gasteiger partial charge in [0.25, 0.3) is 0 Å². The molecule has 2 aliphatic heterocycles. The number of hydrogen-bond donors (Lipinski definition) is 1. The highest BCUT2D eigenvalue weighted by Crippen LogP contribution is 2.33. The van der Waals surface area contributed by atoms with Crippen molar-refractivity contribution in [1.82, 2.24) is 9.62 Å². The molecule has 2 unspecified atom stereocenters. The molecule has 0 radical (unpaired) electrons. The van der Waals surface area contributed by atoms with Gasteiger partial charge in [-0.1, -0.05) is 12.8 Å². The predicted octanol–water partition coefficient (Wildman–Crippen LogP) is 1.22. The lowest BCUT2D eigenvalue weighted by molar-refractivity contribution is 0.247. The molecule has 3 rings (SSSR count). The first-order valence-electron chi connectivity index (χ1n) is 6.86. The van der Waals surface area contributed by atoms with Crippen LogP contribution in [-0.2, 0) is 10.0 Å². The van der Waals surface area contributed by atoms with Crippen LogP contribution in [0.15, 0.2) is 0 Å². The Bertz CT molecular complexity index is 384. The molecule has 106 valence electrons. The summed E-state index contributed by atoms with van der Waals surface area (Å²) in [4.78, 5) is 0. The topological polar surface area (TPSA) is 49.4 Å². The average Bonchev–Trinajstić information content (AvgIpc) is 3.02. The Labute approximate surface area is 116 Å². The molecule has 1 N–H and O–H groups in total. The number of halogens is 1. The van der Waals surface area contributed by atoms with E-state index in [-0.39, 0.29) is 12.4 Å². The number of hydrogen-bond acceptors (Lipinski definition) is 3. The van der Waals surface area contributed by atoms with Crippen molar-refractivity contribution in [1.29, 1.82) is 0 Å². The first-order chi connectivity index (χ1) is 8.15. The Morgan fingerprint density at radius 3 is 2.67 bits per heavy atom. The zero-order valence-corrected chi connectivity index (χ0v) is 12.3. The highest BCUT2D eigenvalue weighted by Gasteiger charge is 2.37. The molecule has 1 aliphatic carbocycles. The van der Waals surface area contributed by atoms with Crippen molar-refractivity contribution in [3.63, 3.8) is 0 Å². The maximum absolute atomic E-state index is 12.2. The number of nitrogens with zero attached hydrogens (tertiary/aromatic N) is 1. The standard InChI is InChI=1S/C12H22N2O2S.ClH/c15-17(16,8-5-10-1-2-10)14-7-4-12-11(9-14)3-6-13-12;/h10-13H,1-9H2;1H. The van der Waals surface area contributed by atoms with Crippen molar-refractivity contribution in [3.8, 4) is 0 Å². The first-order valence-corrected chi connectivity index (χ1v) is 8.47. The molecule has 6 heteroatoms. The van der Waals surface area contributed by atoms with Gasteiger partial charge >= 0.3 is 0 Å². The summed E-state index contributed by atoms with van der Waals surface area (Å²) in [5.74, 6) is 1.64. The van der Waals surface area contributed by atoms with Crippen LogP contribution in [0, 0.1) is 11.8 Å². The lowest BCUT2D eigenvalue weighted by atomic mass is 9.95. The van der Waals surface area contributed by atoms with E-state index >= 15 is 0 Å². The van der Waals surface area contributed by atoms with Gasteiger partial charge in [-0.25, -0.2) is 12.7 Å². The maximum Gasteiger partial charge on any atom is 0.214 e. The van der Waals surface area contributed by atoms with Crippen molar-refractivity contribution in [2.24, 2.45) is 11.8 Å². The highest BCUT2D eigenvalue weighted by molar-refractivity contribution is 7.89. The normalized spacial score (nSPS) is 32.9. The van der Waals surface area contributed by atoms with Crippen LogP contribution in [0.2, 0.25) is 0 Å². The third-order valence-corrected chi connectivity index (χ3v) is 6.36. The van der Waals surface area contributed by atoms with Crippen LogP contribution in [0.4, 0.5) is 0 Å². The van der Waals surface area contributed by atoms with Gasteiger partial charge in [0.05, 0.1) is 5.75 Å². The van der Waals surface area contributed by atoms with Crippen molar-refractivity contribution < 1.29 is 8.42 Å². The largest absolute Gasteiger partial charge is 0.314 e. The van der Waals surface area contributed by atoms with Crippen LogP contribution in [0.3, 0.4) is 0 Å². The summed E-state index contributed by atoms with van der Waals surface area (Å²) in [6.45, 7) is 2.54. The van der Waals surface area contributed by atoms with E-state index in [0.717, 1.165) is 38.9 Å². The number of piperidine rings is 1.